The maximum atomic E-state index is 11.6. The van der Waals surface area contributed by atoms with E-state index >= 15 is 0 Å². The van der Waals surface area contributed by atoms with Gasteiger partial charge in [-0.3, -0.25) is 14.4 Å². The summed E-state index contributed by atoms with van der Waals surface area (Å²) in [5.41, 5.74) is 0. The lowest BCUT2D eigenvalue weighted by Gasteiger charge is -2.16. The van der Waals surface area contributed by atoms with Crippen molar-refractivity contribution in [3.63, 3.8) is 0 Å². The zero-order valence-corrected chi connectivity index (χ0v) is 13.0. The Hall–Kier alpha value is -1.79. The van der Waals surface area contributed by atoms with Crippen LogP contribution in [-0.2, 0) is 14.4 Å². The lowest BCUT2D eigenvalue weighted by molar-refractivity contribution is -0.141. The van der Waals surface area contributed by atoms with E-state index in [0.29, 0.717) is 19.4 Å². The lowest BCUT2D eigenvalue weighted by Crippen LogP contribution is -2.49. The topological polar surface area (TPSA) is 108 Å². The summed E-state index contributed by atoms with van der Waals surface area (Å²) in [5.74, 6) is -1.88. The fourth-order valence-corrected chi connectivity index (χ4v) is 1.57. The summed E-state index contributed by atoms with van der Waals surface area (Å²) in [6.45, 7) is 3.48. The summed E-state index contributed by atoms with van der Waals surface area (Å²) in [7, 11) is 0. The molecule has 0 heterocycles. The summed E-state index contributed by atoms with van der Waals surface area (Å²) in [6.07, 6.45) is 2.68. The molecule has 2 atom stereocenters. The molecule has 7 nitrogen and oxygen atoms in total. The molecule has 0 radical (unpaired) electrons. The second-order valence-corrected chi connectivity index (χ2v) is 4.82. The van der Waals surface area contributed by atoms with Gasteiger partial charge in [0.2, 0.25) is 11.8 Å². The third-order valence-corrected chi connectivity index (χ3v) is 2.87. The first-order valence-corrected chi connectivity index (χ1v) is 7.15. The Labute approximate surface area is 129 Å². The van der Waals surface area contributed by atoms with Gasteiger partial charge in [0.1, 0.15) is 12.1 Å². The predicted molar refractivity (Wildman–Crippen MR) is 81.2 cm³/mol. The van der Waals surface area contributed by atoms with Crippen molar-refractivity contribution in [2.24, 2.45) is 4.99 Å². The second kappa shape index (κ2) is 10.9. The van der Waals surface area contributed by atoms with Gasteiger partial charge in [0.25, 0.3) is 0 Å². The highest BCUT2D eigenvalue weighted by molar-refractivity contribution is 7.78. The Morgan fingerprint density at radius 1 is 1.14 bits per heavy atom. The molecule has 2 unspecified atom stereocenters. The van der Waals surface area contributed by atoms with E-state index in [2.05, 4.69) is 33.0 Å². The molecule has 0 aromatic carbocycles. The van der Waals surface area contributed by atoms with Gasteiger partial charge in [-0.1, -0.05) is 6.42 Å². The first-order valence-electron chi connectivity index (χ1n) is 6.74. The Balaban J connectivity index is 3.90. The molecule has 118 valence electrons. The van der Waals surface area contributed by atoms with Gasteiger partial charge in [-0.05, 0) is 38.9 Å². The van der Waals surface area contributed by atoms with E-state index in [1.165, 1.54) is 13.8 Å². The van der Waals surface area contributed by atoms with Crippen molar-refractivity contribution in [1.29, 1.82) is 0 Å². The largest absolute Gasteiger partial charge is 0.480 e. The van der Waals surface area contributed by atoms with E-state index in [-0.39, 0.29) is 5.91 Å². The van der Waals surface area contributed by atoms with Crippen LogP contribution in [0.4, 0.5) is 0 Å². The zero-order chi connectivity index (χ0) is 16.3. The number of hydrogen-bond acceptors (Lipinski definition) is 5. The normalized spacial score (nSPS) is 12.7. The number of carboxylic acids is 1. The van der Waals surface area contributed by atoms with Crippen molar-refractivity contribution < 1.29 is 19.5 Å². The number of hydrogen-bond donors (Lipinski definition) is 3. The number of carbonyl (C=O) groups is 3. The van der Waals surface area contributed by atoms with Crippen molar-refractivity contribution in [2.75, 3.05) is 6.54 Å². The number of amides is 2. The van der Waals surface area contributed by atoms with Gasteiger partial charge in [0, 0.05) is 13.0 Å². The monoisotopic (exact) mass is 315 g/mol. The Morgan fingerprint density at radius 2 is 1.81 bits per heavy atom. The average Bonchev–Trinajstić information content (AvgIpc) is 2.42. The van der Waals surface area contributed by atoms with E-state index in [1.807, 2.05) is 0 Å². The van der Waals surface area contributed by atoms with Crippen LogP contribution in [0.1, 0.15) is 39.5 Å². The molecule has 0 saturated heterocycles. The molecule has 8 heteroatoms. The molecule has 0 aliphatic rings. The number of rotatable bonds is 10. The van der Waals surface area contributed by atoms with Crippen molar-refractivity contribution in [2.45, 2.75) is 51.6 Å². The fraction of sp³-hybridized carbons (Fsp3) is 0.692. The van der Waals surface area contributed by atoms with Crippen LogP contribution in [0, 0.1) is 0 Å². The standard InChI is InChI=1S/C13H21N3O4S/c1-9(12(18)16-10(2)13(19)20)15-11(17)6-4-3-5-7-14-8-21/h9-10H,3-7H2,1-2H3,(H,15,17)(H,16,18)(H,19,20). The summed E-state index contributed by atoms with van der Waals surface area (Å²) >= 11 is 4.43. The summed E-state index contributed by atoms with van der Waals surface area (Å²) in [6, 6.07) is -1.75. The van der Waals surface area contributed by atoms with Gasteiger partial charge >= 0.3 is 5.97 Å². The van der Waals surface area contributed by atoms with Crippen LogP contribution in [0.15, 0.2) is 4.99 Å². The summed E-state index contributed by atoms with van der Waals surface area (Å²) < 4.78 is 0. The van der Waals surface area contributed by atoms with Gasteiger partial charge in [-0.2, -0.15) is 0 Å². The minimum absolute atomic E-state index is 0.237. The number of nitrogens with one attached hydrogen (secondary N) is 2. The highest BCUT2D eigenvalue weighted by Gasteiger charge is 2.20. The number of carboxylic acid groups (broad SMARTS) is 1. The minimum Gasteiger partial charge on any atom is -0.480 e. The molecule has 0 aliphatic heterocycles. The molecule has 0 spiro atoms. The van der Waals surface area contributed by atoms with Gasteiger partial charge in [-0.25, -0.2) is 4.99 Å². The highest BCUT2D eigenvalue weighted by Crippen LogP contribution is 2.00. The molecule has 0 fully saturated rings. The van der Waals surface area contributed by atoms with Crippen LogP contribution in [0.3, 0.4) is 0 Å². The average molecular weight is 315 g/mol. The first-order chi connectivity index (χ1) is 9.88. The van der Waals surface area contributed by atoms with E-state index in [1.54, 1.807) is 0 Å². The lowest BCUT2D eigenvalue weighted by atomic mass is 10.2. The molecule has 0 aromatic rings. The maximum absolute atomic E-state index is 11.6. The number of thiocarbonyl (C=S) groups is 1. The molecule has 2 amide bonds. The van der Waals surface area contributed by atoms with E-state index in [9.17, 15) is 14.4 Å². The van der Waals surface area contributed by atoms with Crippen LogP contribution in [0.5, 0.6) is 0 Å². The molecule has 0 aromatic heterocycles. The second-order valence-electron chi connectivity index (χ2n) is 4.64. The number of isothiocyanates is 1. The smallest absolute Gasteiger partial charge is 0.325 e. The number of carbonyl (C=O) groups excluding carboxylic acids is 2. The third kappa shape index (κ3) is 9.70. The van der Waals surface area contributed by atoms with Gasteiger partial charge in [0.05, 0.1) is 5.16 Å². The first kappa shape index (κ1) is 19.2. The van der Waals surface area contributed by atoms with Crippen molar-refractivity contribution in [3.05, 3.63) is 0 Å². The maximum Gasteiger partial charge on any atom is 0.325 e. The van der Waals surface area contributed by atoms with Crippen LogP contribution in [0.2, 0.25) is 0 Å². The molecule has 3 N–H and O–H groups in total. The van der Waals surface area contributed by atoms with Crippen molar-refractivity contribution >= 4 is 35.2 Å². The molecular formula is C13H21N3O4S. The molecule has 0 bridgehead atoms. The Bertz CT molecular complexity index is 422. The quantitative estimate of drug-likeness (QED) is 0.313. The molecule has 21 heavy (non-hydrogen) atoms. The Morgan fingerprint density at radius 3 is 2.38 bits per heavy atom. The molecule has 0 saturated carbocycles. The number of aliphatic carboxylic acids is 1. The fourth-order valence-electron chi connectivity index (χ4n) is 1.48. The van der Waals surface area contributed by atoms with Crippen LogP contribution in [-0.4, -0.2) is 46.7 Å². The highest BCUT2D eigenvalue weighted by atomic mass is 32.1. The number of nitrogens with zero attached hydrogens (tertiary/aromatic N) is 1. The van der Waals surface area contributed by atoms with Crippen LogP contribution >= 0.6 is 12.2 Å². The predicted octanol–water partition coefficient (Wildman–Crippen LogP) is 0.744. The minimum atomic E-state index is -1.12. The van der Waals surface area contributed by atoms with Crippen LogP contribution in [0.25, 0.3) is 0 Å². The number of aliphatic imine (C=N–C) groups is 1. The Kier molecular flexibility index (Phi) is 10.0. The molecule has 0 rings (SSSR count). The van der Waals surface area contributed by atoms with Gasteiger partial charge in [0.15, 0.2) is 0 Å². The number of unbranched alkanes of at least 4 members (excludes halogenated alkanes) is 2. The van der Waals surface area contributed by atoms with E-state index in [4.69, 9.17) is 5.11 Å². The SMILES string of the molecule is CC(NC(=O)C(C)NC(=O)CCCCCN=C=S)C(=O)O. The summed E-state index contributed by atoms with van der Waals surface area (Å²) in [5, 5.41) is 15.8. The van der Waals surface area contributed by atoms with E-state index in [0.717, 1.165) is 12.8 Å². The zero-order valence-electron chi connectivity index (χ0n) is 12.2. The molecule has 0 aliphatic carbocycles. The van der Waals surface area contributed by atoms with Crippen molar-refractivity contribution in [3.8, 4) is 0 Å². The molecular weight excluding hydrogens is 294 g/mol. The summed E-state index contributed by atoms with van der Waals surface area (Å²) in [4.78, 5) is 37.6. The van der Waals surface area contributed by atoms with Gasteiger partial charge < -0.3 is 15.7 Å². The third-order valence-electron chi connectivity index (χ3n) is 2.74. The van der Waals surface area contributed by atoms with E-state index < -0.39 is 24.0 Å². The van der Waals surface area contributed by atoms with Crippen LogP contribution < -0.4 is 10.6 Å². The van der Waals surface area contributed by atoms with Crippen molar-refractivity contribution in [1.82, 2.24) is 10.6 Å². The van der Waals surface area contributed by atoms with Gasteiger partial charge in [-0.15, -0.1) is 0 Å².